The SMILES string of the molecule is CCCC(CC(=O)O)n1nnnc1-c1cc(Br)ccc1Cl. The summed E-state index contributed by atoms with van der Waals surface area (Å²) in [6.07, 6.45) is 1.48. The second-order valence-corrected chi connectivity index (χ2v) is 5.93. The van der Waals surface area contributed by atoms with Crippen LogP contribution < -0.4 is 0 Å². The van der Waals surface area contributed by atoms with E-state index in [1.54, 1.807) is 10.7 Å². The molecular formula is C13H14BrClN4O2. The zero-order valence-corrected chi connectivity index (χ0v) is 13.7. The highest BCUT2D eigenvalue weighted by molar-refractivity contribution is 9.10. The highest BCUT2D eigenvalue weighted by Gasteiger charge is 2.22. The summed E-state index contributed by atoms with van der Waals surface area (Å²) in [6.45, 7) is 1.99. The average molecular weight is 374 g/mol. The fraction of sp³-hybridized carbons (Fsp3) is 0.385. The molecule has 1 aromatic carbocycles. The molecule has 8 heteroatoms. The van der Waals surface area contributed by atoms with Crippen molar-refractivity contribution in [3.63, 3.8) is 0 Å². The lowest BCUT2D eigenvalue weighted by atomic mass is 10.1. The maximum atomic E-state index is 11.0. The molecule has 1 unspecified atom stereocenters. The number of carboxylic acid groups (broad SMARTS) is 1. The molecule has 0 fully saturated rings. The van der Waals surface area contributed by atoms with Crippen LogP contribution in [0, 0.1) is 0 Å². The molecule has 1 atom stereocenters. The van der Waals surface area contributed by atoms with Gasteiger partial charge in [0.1, 0.15) is 0 Å². The number of tetrazole rings is 1. The summed E-state index contributed by atoms with van der Waals surface area (Å²) in [5.74, 6) is -0.406. The predicted octanol–water partition coefficient (Wildman–Crippen LogP) is 3.57. The number of nitrogens with zero attached hydrogens (tertiary/aromatic N) is 4. The molecule has 0 aliphatic heterocycles. The molecule has 2 aromatic rings. The summed E-state index contributed by atoms with van der Waals surface area (Å²) in [5, 5.41) is 21.2. The van der Waals surface area contributed by atoms with Crippen LogP contribution in [0.2, 0.25) is 5.02 Å². The van der Waals surface area contributed by atoms with Crippen LogP contribution in [-0.2, 0) is 4.79 Å². The molecule has 0 aliphatic carbocycles. The molecule has 112 valence electrons. The normalized spacial score (nSPS) is 12.3. The van der Waals surface area contributed by atoms with Crippen LogP contribution in [0.1, 0.15) is 32.2 Å². The maximum Gasteiger partial charge on any atom is 0.305 e. The molecule has 21 heavy (non-hydrogen) atoms. The summed E-state index contributed by atoms with van der Waals surface area (Å²) < 4.78 is 2.40. The Kier molecular flexibility index (Phi) is 5.30. The summed E-state index contributed by atoms with van der Waals surface area (Å²) in [6, 6.07) is 5.08. The lowest BCUT2D eigenvalue weighted by molar-refractivity contribution is -0.138. The van der Waals surface area contributed by atoms with E-state index >= 15 is 0 Å². The van der Waals surface area contributed by atoms with Crippen LogP contribution in [0.5, 0.6) is 0 Å². The molecule has 1 N–H and O–H groups in total. The van der Waals surface area contributed by atoms with Gasteiger partial charge in [-0.25, -0.2) is 4.68 Å². The van der Waals surface area contributed by atoms with E-state index in [-0.39, 0.29) is 12.5 Å². The summed E-state index contributed by atoms with van der Waals surface area (Å²) >= 11 is 9.58. The maximum absolute atomic E-state index is 11.0. The van der Waals surface area contributed by atoms with E-state index in [9.17, 15) is 4.79 Å². The minimum atomic E-state index is -0.879. The number of rotatable bonds is 6. The minimum absolute atomic E-state index is 0.0303. The lowest BCUT2D eigenvalue weighted by Crippen LogP contribution is -2.16. The molecule has 0 aliphatic rings. The average Bonchev–Trinajstić information content (AvgIpc) is 2.89. The third-order valence-electron chi connectivity index (χ3n) is 3.04. The van der Waals surface area contributed by atoms with Crippen molar-refractivity contribution in [3.8, 4) is 11.4 Å². The highest BCUT2D eigenvalue weighted by atomic mass is 79.9. The van der Waals surface area contributed by atoms with Crippen molar-refractivity contribution in [2.24, 2.45) is 0 Å². The Bertz CT molecular complexity index is 647. The second kappa shape index (κ2) is 7.00. The molecule has 6 nitrogen and oxygen atoms in total. The standard InChI is InChI=1S/C13H14BrClN4O2/c1-2-3-9(7-12(20)21)19-13(16-17-18-19)10-6-8(14)4-5-11(10)15/h4-6,9H,2-3,7H2,1H3,(H,20,21). The van der Waals surface area contributed by atoms with Gasteiger partial charge in [-0.1, -0.05) is 40.9 Å². The Balaban J connectivity index is 2.45. The molecule has 1 aromatic heterocycles. The highest BCUT2D eigenvalue weighted by Crippen LogP contribution is 2.31. The van der Waals surface area contributed by atoms with Crippen molar-refractivity contribution in [1.82, 2.24) is 20.2 Å². The van der Waals surface area contributed by atoms with E-state index < -0.39 is 5.97 Å². The third kappa shape index (κ3) is 3.79. The Morgan fingerprint density at radius 1 is 1.52 bits per heavy atom. The van der Waals surface area contributed by atoms with E-state index in [4.69, 9.17) is 16.7 Å². The zero-order valence-electron chi connectivity index (χ0n) is 11.3. The van der Waals surface area contributed by atoms with Crippen molar-refractivity contribution in [2.75, 3.05) is 0 Å². The van der Waals surface area contributed by atoms with Gasteiger partial charge in [0.15, 0.2) is 5.82 Å². The fourth-order valence-corrected chi connectivity index (χ4v) is 2.69. The van der Waals surface area contributed by atoms with Gasteiger partial charge in [-0.15, -0.1) is 5.10 Å². The van der Waals surface area contributed by atoms with Crippen molar-refractivity contribution in [3.05, 3.63) is 27.7 Å². The molecule has 0 spiro atoms. The van der Waals surface area contributed by atoms with Crippen LogP contribution in [0.25, 0.3) is 11.4 Å². The van der Waals surface area contributed by atoms with Crippen molar-refractivity contribution >= 4 is 33.5 Å². The first-order chi connectivity index (χ1) is 10.0. The predicted molar refractivity (Wildman–Crippen MR) is 82.2 cm³/mol. The first kappa shape index (κ1) is 15.9. The smallest absolute Gasteiger partial charge is 0.305 e. The largest absolute Gasteiger partial charge is 0.481 e. The quantitative estimate of drug-likeness (QED) is 0.837. The minimum Gasteiger partial charge on any atom is -0.481 e. The summed E-state index contributed by atoms with van der Waals surface area (Å²) in [7, 11) is 0. The number of hydrogen-bond acceptors (Lipinski definition) is 4. The molecule has 2 rings (SSSR count). The van der Waals surface area contributed by atoms with Gasteiger partial charge in [-0.05, 0) is 35.0 Å². The lowest BCUT2D eigenvalue weighted by Gasteiger charge is -2.16. The molecule has 0 saturated heterocycles. The van der Waals surface area contributed by atoms with Crippen molar-refractivity contribution in [2.45, 2.75) is 32.2 Å². The number of hydrogen-bond donors (Lipinski definition) is 1. The van der Waals surface area contributed by atoms with Gasteiger partial charge in [0.2, 0.25) is 0 Å². The van der Waals surface area contributed by atoms with Crippen LogP contribution >= 0.6 is 27.5 Å². The van der Waals surface area contributed by atoms with E-state index in [1.165, 1.54) is 0 Å². The van der Waals surface area contributed by atoms with Gasteiger partial charge < -0.3 is 5.11 Å². The zero-order chi connectivity index (χ0) is 15.4. The number of carbonyl (C=O) groups is 1. The van der Waals surface area contributed by atoms with Crippen molar-refractivity contribution < 1.29 is 9.90 Å². The van der Waals surface area contributed by atoms with E-state index in [0.29, 0.717) is 22.8 Å². The fourth-order valence-electron chi connectivity index (χ4n) is 2.13. The van der Waals surface area contributed by atoms with Crippen LogP contribution in [0.4, 0.5) is 0 Å². The van der Waals surface area contributed by atoms with Gasteiger partial charge in [0.25, 0.3) is 0 Å². The molecular weight excluding hydrogens is 360 g/mol. The number of carboxylic acids is 1. The second-order valence-electron chi connectivity index (χ2n) is 4.61. The van der Waals surface area contributed by atoms with E-state index in [2.05, 4.69) is 31.5 Å². The van der Waals surface area contributed by atoms with Gasteiger partial charge in [-0.2, -0.15) is 0 Å². The topological polar surface area (TPSA) is 80.9 Å². The Labute approximate surface area is 135 Å². The molecule has 0 saturated carbocycles. The molecule has 0 radical (unpaired) electrons. The molecule has 0 bridgehead atoms. The Hall–Kier alpha value is -1.47. The monoisotopic (exact) mass is 372 g/mol. The number of benzene rings is 1. The molecule has 1 heterocycles. The number of aliphatic carboxylic acids is 1. The van der Waals surface area contributed by atoms with Gasteiger partial charge >= 0.3 is 5.97 Å². The first-order valence-corrected chi connectivity index (χ1v) is 7.65. The Morgan fingerprint density at radius 2 is 2.29 bits per heavy atom. The van der Waals surface area contributed by atoms with Gasteiger partial charge in [-0.3, -0.25) is 4.79 Å². The van der Waals surface area contributed by atoms with Crippen LogP contribution in [-0.4, -0.2) is 31.3 Å². The van der Waals surface area contributed by atoms with E-state index in [0.717, 1.165) is 10.9 Å². The van der Waals surface area contributed by atoms with E-state index in [1.807, 2.05) is 19.1 Å². The van der Waals surface area contributed by atoms with Gasteiger partial charge in [0.05, 0.1) is 17.5 Å². The Morgan fingerprint density at radius 3 is 2.95 bits per heavy atom. The van der Waals surface area contributed by atoms with Crippen molar-refractivity contribution in [1.29, 1.82) is 0 Å². The summed E-state index contributed by atoms with van der Waals surface area (Å²) in [5.41, 5.74) is 0.669. The number of halogens is 2. The van der Waals surface area contributed by atoms with Crippen LogP contribution in [0.3, 0.4) is 0 Å². The number of aromatic nitrogens is 4. The third-order valence-corrected chi connectivity index (χ3v) is 3.86. The first-order valence-electron chi connectivity index (χ1n) is 6.48. The van der Waals surface area contributed by atoms with Crippen LogP contribution in [0.15, 0.2) is 22.7 Å². The summed E-state index contributed by atoms with van der Waals surface area (Å²) in [4.78, 5) is 11.0. The van der Waals surface area contributed by atoms with Gasteiger partial charge in [0, 0.05) is 10.0 Å². The molecule has 0 amide bonds.